The summed E-state index contributed by atoms with van der Waals surface area (Å²) in [6.45, 7) is 7.93. The van der Waals surface area contributed by atoms with E-state index in [1.54, 1.807) is 22.9 Å². The Balaban J connectivity index is 1.65. The van der Waals surface area contributed by atoms with Gasteiger partial charge in [0.1, 0.15) is 0 Å². The number of aromatic nitrogens is 1. The quantitative estimate of drug-likeness (QED) is 0.757. The second-order valence-corrected chi connectivity index (χ2v) is 6.22. The molecule has 1 saturated heterocycles. The first-order valence-electron chi connectivity index (χ1n) is 8.34. The molecule has 6 nitrogen and oxygen atoms in total. The number of hydrogen-bond acceptors (Lipinski definition) is 4. The zero-order valence-electron chi connectivity index (χ0n) is 14.0. The molecule has 0 radical (unpaired) electrons. The number of nitrogens with zero attached hydrogens (tertiary/aromatic N) is 2. The lowest BCUT2D eigenvalue weighted by Gasteiger charge is -2.35. The van der Waals surface area contributed by atoms with E-state index >= 15 is 0 Å². The number of carbonyl (C=O) groups is 1. The number of pyridine rings is 1. The van der Waals surface area contributed by atoms with E-state index in [9.17, 15) is 9.59 Å². The van der Waals surface area contributed by atoms with Crippen molar-refractivity contribution in [1.82, 2.24) is 14.8 Å². The molecule has 1 N–H and O–H groups in total. The summed E-state index contributed by atoms with van der Waals surface area (Å²) in [6.07, 6.45) is 2.87. The van der Waals surface area contributed by atoms with Gasteiger partial charge < -0.3 is 14.6 Å². The van der Waals surface area contributed by atoms with Crippen molar-refractivity contribution in [2.45, 2.75) is 45.4 Å². The van der Waals surface area contributed by atoms with Gasteiger partial charge in [-0.15, -0.1) is 0 Å². The second kappa shape index (κ2) is 8.84. The topological polar surface area (TPSA) is 63.6 Å². The van der Waals surface area contributed by atoms with E-state index < -0.39 is 0 Å². The molecule has 1 amide bonds. The van der Waals surface area contributed by atoms with Gasteiger partial charge in [0, 0.05) is 44.5 Å². The van der Waals surface area contributed by atoms with Crippen molar-refractivity contribution in [2.24, 2.45) is 0 Å². The lowest BCUT2D eigenvalue weighted by atomic mass is 10.1. The minimum absolute atomic E-state index is 0.0109. The summed E-state index contributed by atoms with van der Waals surface area (Å²) in [6, 6.07) is 5.58. The molecular weight excluding hydrogens is 294 g/mol. The minimum Gasteiger partial charge on any atom is -0.375 e. The van der Waals surface area contributed by atoms with Crippen molar-refractivity contribution in [3.63, 3.8) is 0 Å². The summed E-state index contributed by atoms with van der Waals surface area (Å²) in [5, 5.41) is 2.91. The maximum absolute atomic E-state index is 12.0. The first kappa shape index (κ1) is 17.7. The van der Waals surface area contributed by atoms with Gasteiger partial charge in [0.25, 0.3) is 0 Å². The third kappa shape index (κ3) is 5.80. The molecule has 1 atom stereocenters. The summed E-state index contributed by atoms with van der Waals surface area (Å²) < 4.78 is 7.32. The van der Waals surface area contributed by atoms with E-state index in [0.29, 0.717) is 32.2 Å². The Hall–Kier alpha value is -1.66. The summed E-state index contributed by atoms with van der Waals surface area (Å²) in [5.41, 5.74) is -0.0109. The summed E-state index contributed by atoms with van der Waals surface area (Å²) in [5.74, 6) is 0.0148. The fourth-order valence-corrected chi connectivity index (χ4v) is 2.74. The number of morpholine rings is 1. The Labute approximate surface area is 137 Å². The van der Waals surface area contributed by atoms with Gasteiger partial charge >= 0.3 is 0 Å². The maximum Gasteiger partial charge on any atom is 0.250 e. The summed E-state index contributed by atoms with van der Waals surface area (Å²) in [4.78, 5) is 25.9. The van der Waals surface area contributed by atoms with Crippen LogP contribution in [-0.2, 0) is 16.1 Å². The molecule has 1 aliphatic heterocycles. The van der Waals surface area contributed by atoms with Gasteiger partial charge in [0.15, 0.2) is 0 Å². The lowest BCUT2D eigenvalue weighted by Crippen LogP contribution is -2.47. The van der Waals surface area contributed by atoms with Gasteiger partial charge in [-0.1, -0.05) is 6.07 Å². The van der Waals surface area contributed by atoms with Crippen molar-refractivity contribution < 1.29 is 9.53 Å². The number of aryl methyl sites for hydroxylation is 1. The highest BCUT2D eigenvalue weighted by Gasteiger charge is 2.24. The first-order valence-corrected chi connectivity index (χ1v) is 8.34. The SMILES string of the molecule is CC(C)N1CCOC(CC(=O)NCCCn2ccccc2=O)C1. The molecule has 1 aromatic rings. The molecule has 0 bridgehead atoms. The lowest BCUT2D eigenvalue weighted by molar-refractivity contribution is -0.126. The average Bonchev–Trinajstić information content (AvgIpc) is 2.53. The Kier molecular flexibility index (Phi) is 6.80. The molecule has 2 heterocycles. The van der Waals surface area contributed by atoms with Crippen molar-refractivity contribution in [3.8, 4) is 0 Å². The van der Waals surface area contributed by atoms with Gasteiger partial charge in [0.05, 0.1) is 19.1 Å². The van der Waals surface area contributed by atoms with Gasteiger partial charge in [-0.2, -0.15) is 0 Å². The van der Waals surface area contributed by atoms with Gasteiger partial charge in [-0.05, 0) is 26.3 Å². The Bertz CT molecular complexity index is 556. The van der Waals surface area contributed by atoms with Crippen LogP contribution >= 0.6 is 0 Å². The van der Waals surface area contributed by atoms with Crippen LogP contribution in [0.25, 0.3) is 0 Å². The van der Waals surface area contributed by atoms with Crippen LogP contribution in [0.1, 0.15) is 26.7 Å². The van der Waals surface area contributed by atoms with Crippen LogP contribution in [0.15, 0.2) is 29.2 Å². The van der Waals surface area contributed by atoms with Gasteiger partial charge in [-0.25, -0.2) is 0 Å². The molecule has 1 unspecified atom stereocenters. The summed E-state index contributed by atoms with van der Waals surface area (Å²) >= 11 is 0. The Morgan fingerprint density at radius 2 is 2.26 bits per heavy atom. The molecular formula is C17H27N3O3. The average molecular weight is 321 g/mol. The molecule has 23 heavy (non-hydrogen) atoms. The van der Waals surface area contributed by atoms with Crippen LogP contribution < -0.4 is 10.9 Å². The van der Waals surface area contributed by atoms with Crippen molar-refractivity contribution in [2.75, 3.05) is 26.2 Å². The summed E-state index contributed by atoms with van der Waals surface area (Å²) in [7, 11) is 0. The second-order valence-electron chi connectivity index (χ2n) is 6.22. The molecule has 0 aromatic carbocycles. The first-order chi connectivity index (χ1) is 11.1. The standard InChI is InChI=1S/C17H27N3O3/c1-14(2)20-10-11-23-15(13-20)12-16(21)18-7-5-9-19-8-4-3-6-17(19)22/h3-4,6,8,14-15H,5,7,9-13H2,1-2H3,(H,18,21). The zero-order chi connectivity index (χ0) is 16.7. The van der Waals surface area contributed by atoms with E-state index in [-0.39, 0.29) is 17.6 Å². The van der Waals surface area contributed by atoms with Crippen molar-refractivity contribution >= 4 is 5.91 Å². The zero-order valence-corrected chi connectivity index (χ0v) is 14.0. The molecule has 0 aliphatic carbocycles. The molecule has 1 aliphatic rings. The normalized spacial score (nSPS) is 19.0. The fraction of sp³-hybridized carbons (Fsp3) is 0.647. The Morgan fingerprint density at radius 3 is 3.00 bits per heavy atom. The van der Waals surface area contributed by atoms with Crippen molar-refractivity contribution in [3.05, 3.63) is 34.7 Å². The van der Waals surface area contributed by atoms with Crippen LogP contribution in [0.4, 0.5) is 0 Å². The van der Waals surface area contributed by atoms with E-state index in [1.165, 1.54) is 0 Å². The number of hydrogen-bond donors (Lipinski definition) is 1. The maximum atomic E-state index is 12.0. The predicted molar refractivity (Wildman–Crippen MR) is 89.4 cm³/mol. The molecule has 0 spiro atoms. The molecule has 0 saturated carbocycles. The third-order valence-corrected chi connectivity index (χ3v) is 4.11. The number of rotatable bonds is 7. The molecule has 1 aromatic heterocycles. The van der Waals surface area contributed by atoms with Crippen LogP contribution in [0, 0.1) is 0 Å². The van der Waals surface area contributed by atoms with Crippen LogP contribution in [0.5, 0.6) is 0 Å². The third-order valence-electron chi connectivity index (χ3n) is 4.11. The molecule has 6 heteroatoms. The van der Waals surface area contributed by atoms with Gasteiger partial charge in [0.2, 0.25) is 11.5 Å². The number of nitrogens with one attached hydrogen (secondary N) is 1. The highest BCUT2D eigenvalue weighted by atomic mass is 16.5. The minimum atomic E-state index is -0.0251. The Morgan fingerprint density at radius 1 is 1.43 bits per heavy atom. The number of ether oxygens (including phenoxy) is 1. The van der Waals surface area contributed by atoms with E-state index in [0.717, 1.165) is 19.5 Å². The van der Waals surface area contributed by atoms with Gasteiger partial charge in [-0.3, -0.25) is 14.5 Å². The molecule has 2 rings (SSSR count). The molecule has 1 fully saturated rings. The largest absolute Gasteiger partial charge is 0.375 e. The number of amides is 1. The fourth-order valence-electron chi connectivity index (χ4n) is 2.74. The molecule has 128 valence electrons. The smallest absolute Gasteiger partial charge is 0.250 e. The van der Waals surface area contributed by atoms with E-state index in [2.05, 4.69) is 24.1 Å². The monoisotopic (exact) mass is 321 g/mol. The van der Waals surface area contributed by atoms with Crippen LogP contribution in [0.3, 0.4) is 0 Å². The predicted octanol–water partition coefficient (Wildman–Crippen LogP) is 0.854. The van der Waals surface area contributed by atoms with Crippen molar-refractivity contribution in [1.29, 1.82) is 0 Å². The highest BCUT2D eigenvalue weighted by Crippen LogP contribution is 2.11. The number of carbonyl (C=O) groups excluding carboxylic acids is 1. The van der Waals surface area contributed by atoms with Crippen LogP contribution in [-0.4, -0.2) is 53.8 Å². The van der Waals surface area contributed by atoms with E-state index in [1.807, 2.05) is 6.07 Å². The van der Waals surface area contributed by atoms with Crippen LogP contribution in [0.2, 0.25) is 0 Å². The van der Waals surface area contributed by atoms with E-state index in [4.69, 9.17) is 4.74 Å². The highest BCUT2D eigenvalue weighted by molar-refractivity contribution is 5.76.